The van der Waals surface area contributed by atoms with Gasteiger partial charge >= 0.3 is 6.18 Å². The molecule has 1 saturated carbocycles. The average molecular weight is 462 g/mol. The lowest BCUT2D eigenvalue weighted by molar-refractivity contribution is -0.147. The van der Waals surface area contributed by atoms with E-state index in [9.17, 15) is 26.9 Å². The molecule has 0 bridgehead atoms. The summed E-state index contributed by atoms with van der Waals surface area (Å²) in [7, 11) is -4.36. The second kappa shape index (κ2) is 7.90. The highest BCUT2D eigenvalue weighted by molar-refractivity contribution is 7.89. The molecule has 0 amide bonds. The number of benzene rings is 1. The second-order valence-corrected chi connectivity index (χ2v) is 9.76. The van der Waals surface area contributed by atoms with Crippen LogP contribution in [-0.2, 0) is 10.0 Å². The van der Waals surface area contributed by atoms with Gasteiger partial charge in [-0.2, -0.15) is 23.2 Å². The molecule has 1 N–H and O–H groups in total. The number of aromatic nitrogens is 2. The van der Waals surface area contributed by atoms with Gasteiger partial charge in [-0.25, -0.2) is 8.42 Å². The zero-order valence-electron chi connectivity index (χ0n) is 17.4. The van der Waals surface area contributed by atoms with E-state index in [0.717, 1.165) is 42.8 Å². The van der Waals surface area contributed by atoms with Crippen LogP contribution < -0.4 is 4.72 Å². The Hall–Kier alpha value is -2.90. The molecule has 1 aliphatic rings. The average Bonchev–Trinajstić information content (AvgIpc) is 2.99. The Morgan fingerprint density at radius 2 is 1.91 bits per heavy atom. The zero-order valence-corrected chi connectivity index (χ0v) is 18.3. The molecule has 32 heavy (non-hydrogen) atoms. The number of nitrogens with zero attached hydrogens (tertiary/aromatic N) is 3. The van der Waals surface area contributed by atoms with Crippen molar-refractivity contribution in [1.29, 1.82) is 5.26 Å². The summed E-state index contributed by atoms with van der Waals surface area (Å²) in [5.41, 5.74) is 3.36. The van der Waals surface area contributed by atoms with E-state index in [1.807, 2.05) is 13.0 Å². The summed E-state index contributed by atoms with van der Waals surface area (Å²) in [4.78, 5) is 4.10. The van der Waals surface area contributed by atoms with Crippen LogP contribution in [0.1, 0.15) is 43.5 Å². The quantitative estimate of drug-likeness (QED) is 0.588. The number of hydrogen-bond acceptors (Lipinski definition) is 4. The van der Waals surface area contributed by atoms with Crippen molar-refractivity contribution in [2.24, 2.45) is 0 Å². The predicted molar refractivity (Wildman–Crippen MR) is 113 cm³/mol. The molecule has 2 heterocycles. The van der Waals surface area contributed by atoms with Crippen LogP contribution in [0.25, 0.3) is 22.2 Å². The van der Waals surface area contributed by atoms with Crippen LogP contribution >= 0.6 is 0 Å². The lowest BCUT2D eigenvalue weighted by atomic mass is 9.92. The van der Waals surface area contributed by atoms with Crippen molar-refractivity contribution in [2.45, 2.75) is 56.3 Å². The fraction of sp³-hybridized carbons (Fsp3) is 0.364. The third kappa shape index (κ3) is 3.87. The van der Waals surface area contributed by atoms with E-state index < -0.39 is 22.2 Å². The van der Waals surface area contributed by atoms with Crippen molar-refractivity contribution in [3.05, 3.63) is 47.8 Å². The molecule has 2 aromatic heterocycles. The molecule has 6 nitrogen and oxygen atoms in total. The number of nitriles is 1. The molecule has 0 saturated heterocycles. The summed E-state index contributed by atoms with van der Waals surface area (Å²) in [6, 6.07) is 7.68. The van der Waals surface area contributed by atoms with Gasteiger partial charge in [-0.05, 0) is 56.9 Å². The molecule has 0 aliphatic heterocycles. The van der Waals surface area contributed by atoms with Crippen molar-refractivity contribution in [3.8, 4) is 17.3 Å². The van der Waals surface area contributed by atoms with Crippen LogP contribution in [-0.4, -0.2) is 30.2 Å². The zero-order chi connectivity index (χ0) is 23.3. The lowest BCUT2D eigenvalue weighted by Crippen LogP contribution is -2.42. The number of alkyl halides is 3. The van der Waals surface area contributed by atoms with Crippen LogP contribution in [0.2, 0.25) is 0 Å². The highest BCUT2D eigenvalue weighted by atomic mass is 32.2. The first kappa shape index (κ1) is 22.3. The van der Waals surface area contributed by atoms with Crippen molar-refractivity contribution in [3.63, 3.8) is 0 Å². The van der Waals surface area contributed by atoms with Gasteiger partial charge in [0.15, 0.2) is 0 Å². The normalized spacial score (nSPS) is 16.0. The maximum absolute atomic E-state index is 12.8. The third-order valence-corrected chi connectivity index (χ3v) is 7.40. The number of sulfonamides is 1. The number of rotatable bonds is 5. The summed E-state index contributed by atoms with van der Waals surface area (Å²) < 4.78 is 66.9. The van der Waals surface area contributed by atoms with Crippen LogP contribution in [0.4, 0.5) is 13.2 Å². The summed E-state index contributed by atoms with van der Waals surface area (Å²) >= 11 is 0. The van der Waals surface area contributed by atoms with Gasteiger partial charge in [0, 0.05) is 17.1 Å². The molecule has 0 radical (unpaired) electrons. The number of pyridine rings is 1. The van der Waals surface area contributed by atoms with E-state index in [4.69, 9.17) is 0 Å². The first-order chi connectivity index (χ1) is 15.0. The smallest absolute Gasteiger partial charge is 0.335 e. The van der Waals surface area contributed by atoms with Gasteiger partial charge in [-0.15, -0.1) is 0 Å². The Labute approximate surface area is 183 Å². The number of aryl methyl sites for hydroxylation is 1. The van der Waals surface area contributed by atoms with Crippen molar-refractivity contribution >= 4 is 20.9 Å². The number of halogens is 3. The molecule has 1 atom stereocenters. The SMILES string of the molecule is Cc1cc2c(C#N)c(-c3ccc(S(=O)(=O)N[C@H](C)C(F)(F)F)cc3)n(C3CCC3)c2cn1. The molecule has 1 aromatic carbocycles. The molecule has 1 fully saturated rings. The van der Waals surface area contributed by atoms with Gasteiger partial charge < -0.3 is 4.57 Å². The van der Waals surface area contributed by atoms with Gasteiger partial charge in [-0.3, -0.25) is 4.98 Å². The van der Waals surface area contributed by atoms with Gasteiger partial charge in [0.2, 0.25) is 10.0 Å². The lowest BCUT2D eigenvalue weighted by Gasteiger charge is -2.30. The Kier molecular flexibility index (Phi) is 5.51. The van der Waals surface area contributed by atoms with Crippen LogP contribution in [0, 0.1) is 18.3 Å². The maximum Gasteiger partial charge on any atom is 0.404 e. The largest absolute Gasteiger partial charge is 0.404 e. The van der Waals surface area contributed by atoms with E-state index >= 15 is 0 Å². The van der Waals surface area contributed by atoms with Crippen LogP contribution in [0.3, 0.4) is 0 Å². The second-order valence-electron chi connectivity index (χ2n) is 8.04. The van der Waals surface area contributed by atoms with Gasteiger partial charge in [0.05, 0.1) is 27.9 Å². The summed E-state index contributed by atoms with van der Waals surface area (Å²) in [6.07, 6.45) is 0.0485. The topological polar surface area (TPSA) is 87.8 Å². The van der Waals surface area contributed by atoms with Gasteiger partial charge in [0.1, 0.15) is 12.1 Å². The summed E-state index contributed by atoms with van der Waals surface area (Å²) in [5, 5.41) is 10.7. The molecule has 10 heteroatoms. The monoisotopic (exact) mass is 462 g/mol. The summed E-state index contributed by atoms with van der Waals surface area (Å²) in [6.45, 7) is 2.59. The molecule has 0 unspecified atom stereocenters. The maximum atomic E-state index is 12.8. The molecule has 168 valence electrons. The fourth-order valence-electron chi connectivity index (χ4n) is 3.89. The minimum absolute atomic E-state index is 0.205. The highest BCUT2D eigenvalue weighted by Crippen LogP contribution is 2.42. The van der Waals surface area contributed by atoms with Crippen molar-refractivity contribution < 1.29 is 21.6 Å². The Morgan fingerprint density at radius 1 is 1.25 bits per heavy atom. The highest BCUT2D eigenvalue weighted by Gasteiger charge is 2.39. The van der Waals surface area contributed by atoms with Crippen LogP contribution in [0.15, 0.2) is 41.4 Å². The molecule has 0 spiro atoms. The number of fused-ring (bicyclic) bond motifs is 1. The van der Waals surface area contributed by atoms with E-state index in [2.05, 4.69) is 15.6 Å². The number of nitrogens with one attached hydrogen (secondary N) is 1. The molecular weight excluding hydrogens is 441 g/mol. The standard InChI is InChI=1S/C22H21F3N4O2S/c1-13-10-18-19(11-26)21(29(16-4-3-5-16)20(18)12-27-13)15-6-8-17(9-7-15)32(30,31)28-14(2)22(23,24)25/h6-10,12,14,16,28H,3-5H2,1-2H3/t14-/m1/s1. The Balaban J connectivity index is 1.80. The van der Waals surface area contributed by atoms with E-state index in [1.54, 1.807) is 10.9 Å². The first-order valence-electron chi connectivity index (χ1n) is 10.1. The fourth-order valence-corrected chi connectivity index (χ4v) is 5.12. The molecule has 4 rings (SSSR count). The summed E-state index contributed by atoms with van der Waals surface area (Å²) in [5.74, 6) is 0. The molecule has 1 aliphatic carbocycles. The minimum atomic E-state index is -4.69. The van der Waals surface area contributed by atoms with Gasteiger partial charge in [0.25, 0.3) is 0 Å². The van der Waals surface area contributed by atoms with E-state index in [-0.39, 0.29) is 10.9 Å². The predicted octanol–water partition coefficient (Wildman–Crippen LogP) is 4.84. The first-order valence-corrected chi connectivity index (χ1v) is 11.6. The van der Waals surface area contributed by atoms with Crippen LogP contribution in [0.5, 0.6) is 0 Å². The van der Waals surface area contributed by atoms with Crippen molar-refractivity contribution in [1.82, 2.24) is 14.3 Å². The van der Waals surface area contributed by atoms with Gasteiger partial charge in [-0.1, -0.05) is 12.1 Å². The van der Waals surface area contributed by atoms with E-state index in [0.29, 0.717) is 16.8 Å². The molecular formula is C22H21F3N4O2S. The Morgan fingerprint density at radius 3 is 2.44 bits per heavy atom. The van der Waals surface area contributed by atoms with Crippen molar-refractivity contribution in [2.75, 3.05) is 0 Å². The molecule has 3 aromatic rings. The minimum Gasteiger partial charge on any atom is -0.335 e. The number of hydrogen-bond donors (Lipinski definition) is 1. The third-order valence-electron chi connectivity index (χ3n) is 5.84. The van der Waals surface area contributed by atoms with E-state index in [1.165, 1.54) is 24.3 Å². The Bertz CT molecular complexity index is 1320.